The van der Waals surface area contributed by atoms with Crippen LogP contribution in [0.5, 0.6) is 0 Å². The van der Waals surface area contributed by atoms with Crippen LogP contribution in [-0.4, -0.2) is 34.4 Å². The fourth-order valence-corrected chi connectivity index (χ4v) is 2.59. The van der Waals surface area contributed by atoms with Crippen molar-refractivity contribution < 1.29 is 9.59 Å². The van der Waals surface area contributed by atoms with Gasteiger partial charge in [0.05, 0.1) is 17.2 Å². The maximum absolute atomic E-state index is 13.1. The van der Waals surface area contributed by atoms with Crippen LogP contribution in [0.15, 0.2) is 54.6 Å². The van der Waals surface area contributed by atoms with Crippen molar-refractivity contribution in [1.82, 2.24) is 10.0 Å². The van der Waals surface area contributed by atoms with Crippen LogP contribution in [0.4, 0.5) is 0 Å². The minimum atomic E-state index is -0.626. The Kier molecular flexibility index (Phi) is 5.23. The third kappa shape index (κ3) is 4.04. The summed E-state index contributed by atoms with van der Waals surface area (Å²) in [7, 11) is 1.58. The van der Waals surface area contributed by atoms with E-state index in [0.717, 1.165) is 0 Å². The van der Waals surface area contributed by atoms with Gasteiger partial charge in [0.15, 0.2) is 0 Å². The van der Waals surface area contributed by atoms with Gasteiger partial charge < -0.3 is 0 Å². The number of rotatable bonds is 2. The molecule has 5 nitrogen and oxygen atoms in total. The van der Waals surface area contributed by atoms with Crippen molar-refractivity contribution in [3.63, 3.8) is 0 Å². The van der Waals surface area contributed by atoms with Crippen molar-refractivity contribution in [1.29, 1.82) is 5.26 Å². The normalized spacial score (nSPS) is 10.7. The Morgan fingerprint density at radius 3 is 2.08 bits per heavy atom. The molecule has 0 bridgehead atoms. The van der Waals surface area contributed by atoms with Crippen molar-refractivity contribution in [2.45, 2.75) is 26.3 Å². The number of hydrazine groups is 1. The molecule has 0 N–H and O–H groups in total. The Morgan fingerprint density at radius 1 is 0.920 bits per heavy atom. The molecular formula is C20H21N3O2. The zero-order valence-electron chi connectivity index (χ0n) is 14.9. The zero-order chi connectivity index (χ0) is 18.6. The highest BCUT2D eigenvalue weighted by atomic mass is 16.2. The van der Waals surface area contributed by atoms with Crippen LogP contribution in [0, 0.1) is 11.3 Å². The molecule has 2 rings (SSSR count). The first-order valence-electron chi connectivity index (χ1n) is 7.93. The Hall–Kier alpha value is -3.13. The molecular weight excluding hydrogens is 314 g/mol. The summed E-state index contributed by atoms with van der Waals surface area (Å²) < 4.78 is 0. The van der Waals surface area contributed by atoms with Gasteiger partial charge in [-0.2, -0.15) is 5.26 Å². The summed E-state index contributed by atoms with van der Waals surface area (Å²) in [6, 6.07) is 17.3. The van der Waals surface area contributed by atoms with Crippen molar-refractivity contribution in [3.8, 4) is 6.07 Å². The molecule has 0 atom stereocenters. The van der Waals surface area contributed by atoms with Gasteiger partial charge in [-0.15, -0.1) is 0 Å². The largest absolute Gasteiger partial charge is 0.273 e. The Morgan fingerprint density at radius 2 is 1.52 bits per heavy atom. The van der Waals surface area contributed by atoms with Crippen LogP contribution in [0.25, 0.3) is 0 Å². The number of amides is 2. The lowest BCUT2D eigenvalue weighted by Crippen LogP contribution is -2.56. The highest BCUT2D eigenvalue weighted by Crippen LogP contribution is 2.21. The van der Waals surface area contributed by atoms with Crippen molar-refractivity contribution >= 4 is 11.8 Å². The van der Waals surface area contributed by atoms with Gasteiger partial charge in [0.2, 0.25) is 0 Å². The van der Waals surface area contributed by atoms with E-state index in [0.29, 0.717) is 16.7 Å². The average molecular weight is 335 g/mol. The molecule has 5 heteroatoms. The van der Waals surface area contributed by atoms with Gasteiger partial charge in [0.1, 0.15) is 0 Å². The van der Waals surface area contributed by atoms with Gasteiger partial charge in [-0.1, -0.05) is 24.3 Å². The number of nitrogens with zero attached hydrogens (tertiary/aromatic N) is 3. The zero-order valence-corrected chi connectivity index (χ0v) is 14.9. The van der Waals surface area contributed by atoms with Crippen LogP contribution >= 0.6 is 0 Å². The lowest BCUT2D eigenvalue weighted by Gasteiger charge is -2.41. The summed E-state index contributed by atoms with van der Waals surface area (Å²) in [5, 5.41) is 11.8. The molecule has 2 aromatic carbocycles. The van der Waals surface area contributed by atoms with Gasteiger partial charge in [-0.3, -0.25) is 9.59 Å². The number of hydrogen-bond donors (Lipinski definition) is 0. The van der Waals surface area contributed by atoms with E-state index in [1.54, 1.807) is 49.5 Å². The number of nitriles is 1. The topological polar surface area (TPSA) is 64.4 Å². The molecule has 2 aromatic rings. The third-order valence-corrected chi connectivity index (χ3v) is 3.68. The lowest BCUT2D eigenvalue weighted by atomic mass is 10.0. The smallest absolute Gasteiger partial charge is 0.267 e. The van der Waals surface area contributed by atoms with E-state index in [2.05, 4.69) is 0 Å². The Labute approximate surface area is 148 Å². The fraction of sp³-hybridized carbons (Fsp3) is 0.250. The van der Waals surface area contributed by atoms with Crippen molar-refractivity contribution in [2.75, 3.05) is 7.05 Å². The average Bonchev–Trinajstić information content (AvgIpc) is 2.60. The highest BCUT2D eigenvalue weighted by Gasteiger charge is 2.34. The second kappa shape index (κ2) is 7.18. The van der Waals surface area contributed by atoms with Crippen molar-refractivity contribution in [2.24, 2.45) is 0 Å². The van der Waals surface area contributed by atoms with E-state index in [4.69, 9.17) is 5.26 Å². The van der Waals surface area contributed by atoms with E-state index in [9.17, 15) is 9.59 Å². The van der Waals surface area contributed by atoms with Crippen LogP contribution < -0.4 is 0 Å². The molecule has 0 spiro atoms. The minimum absolute atomic E-state index is 0.277. The summed E-state index contributed by atoms with van der Waals surface area (Å²) in [5.74, 6) is -0.614. The molecule has 0 saturated carbocycles. The standard InChI is InChI=1S/C20H21N3O2/c1-20(2,3)23(19(25)17-12-8-9-15(13-17)14-21)22(4)18(24)16-10-6-5-7-11-16/h5-13H,1-4H3. The predicted molar refractivity (Wildman–Crippen MR) is 95.6 cm³/mol. The lowest BCUT2D eigenvalue weighted by molar-refractivity contribution is -0.0308. The molecule has 0 aromatic heterocycles. The third-order valence-electron chi connectivity index (χ3n) is 3.68. The number of carbonyl (C=O) groups is 2. The molecule has 0 aliphatic carbocycles. The molecule has 25 heavy (non-hydrogen) atoms. The van der Waals surface area contributed by atoms with E-state index in [1.165, 1.54) is 16.1 Å². The van der Waals surface area contributed by atoms with Crippen LogP contribution in [0.1, 0.15) is 47.1 Å². The highest BCUT2D eigenvalue weighted by molar-refractivity contribution is 5.99. The molecule has 0 heterocycles. The van der Waals surface area contributed by atoms with Gasteiger partial charge in [0.25, 0.3) is 11.8 Å². The second-order valence-corrected chi connectivity index (χ2v) is 6.68. The summed E-state index contributed by atoms with van der Waals surface area (Å²) in [6.45, 7) is 5.56. The van der Waals surface area contributed by atoms with E-state index < -0.39 is 5.54 Å². The van der Waals surface area contributed by atoms with Crippen LogP contribution in [0.3, 0.4) is 0 Å². The first-order chi connectivity index (χ1) is 11.8. The number of carbonyl (C=O) groups excluding carboxylic acids is 2. The summed E-state index contributed by atoms with van der Waals surface area (Å²) >= 11 is 0. The summed E-state index contributed by atoms with van der Waals surface area (Å²) in [6.07, 6.45) is 0. The van der Waals surface area contributed by atoms with Gasteiger partial charge >= 0.3 is 0 Å². The number of hydrogen-bond acceptors (Lipinski definition) is 3. The molecule has 0 radical (unpaired) electrons. The van der Waals surface area contributed by atoms with E-state index in [-0.39, 0.29) is 11.8 Å². The Bertz CT molecular complexity index is 817. The second-order valence-electron chi connectivity index (χ2n) is 6.68. The molecule has 0 fully saturated rings. The predicted octanol–water partition coefficient (Wildman–Crippen LogP) is 3.49. The van der Waals surface area contributed by atoms with E-state index >= 15 is 0 Å². The fourth-order valence-electron chi connectivity index (χ4n) is 2.59. The number of benzene rings is 2. The first-order valence-corrected chi connectivity index (χ1v) is 7.93. The van der Waals surface area contributed by atoms with E-state index in [1.807, 2.05) is 32.9 Å². The van der Waals surface area contributed by atoms with Crippen LogP contribution in [0.2, 0.25) is 0 Å². The Balaban J connectivity index is 2.41. The summed E-state index contributed by atoms with van der Waals surface area (Å²) in [4.78, 5) is 25.8. The SMILES string of the molecule is CN(C(=O)c1ccccc1)N(C(=O)c1cccc(C#N)c1)C(C)(C)C. The molecule has 0 aliphatic rings. The van der Waals surface area contributed by atoms with Gasteiger partial charge in [0, 0.05) is 18.2 Å². The van der Waals surface area contributed by atoms with Crippen LogP contribution in [-0.2, 0) is 0 Å². The van der Waals surface area contributed by atoms with Gasteiger partial charge in [-0.25, -0.2) is 10.0 Å². The molecule has 128 valence electrons. The molecule has 2 amide bonds. The first kappa shape index (κ1) is 18.2. The monoisotopic (exact) mass is 335 g/mol. The quantitative estimate of drug-likeness (QED) is 0.789. The maximum Gasteiger partial charge on any atom is 0.273 e. The van der Waals surface area contributed by atoms with Gasteiger partial charge in [-0.05, 0) is 51.1 Å². The molecule has 0 saturated heterocycles. The minimum Gasteiger partial charge on any atom is -0.267 e. The summed E-state index contributed by atoms with van der Waals surface area (Å²) in [5.41, 5.74) is 0.634. The molecule has 0 unspecified atom stereocenters. The van der Waals surface area contributed by atoms with Crippen molar-refractivity contribution in [3.05, 3.63) is 71.3 Å². The molecule has 0 aliphatic heterocycles. The maximum atomic E-state index is 13.1.